The molecular weight excluding hydrogens is 174 g/mol. The van der Waals surface area contributed by atoms with E-state index in [4.69, 9.17) is 0 Å². The molecule has 2 unspecified atom stereocenters. The van der Waals surface area contributed by atoms with E-state index < -0.39 is 0 Å². The molecule has 1 saturated heterocycles. The van der Waals surface area contributed by atoms with Crippen LogP contribution in [0.5, 0.6) is 0 Å². The van der Waals surface area contributed by atoms with Gasteiger partial charge in [0.25, 0.3) is 0 Å². The van der Waals surface area contributed by atoms with Gasteiger partial charge in [-0.15, -0.1) is 0 Å². The average Bonchev–Trinajstić information content (AvgIpc) is 2.65. The molecule has 0 saturated carbocycles. The van der Waals surface area contributed by atoms with Crippen molar-refractivity contribution in [1.29, 1.82) is 0 Å². The number of nitrogens with zero attached hydrogens (tertiary/aromatic N) is 1. The van der Waals surface area contributed by atoms with Crippen molar-refractivity contribution in [3.63, 3.8) is 0 Å². The van der Waals surface area contributed by atoms with E-state index >= 15 is 0 Å². The number of hydrogen-bond donors (Lipinski definition) is 0. The zero-order valence-electron chi connectivity index (χ0n) is 9.33. The summed E-state index contributed by atoms with van der Waals surface area (Å²) in [6.45, 7) is 8.93. The Bertz CT molecular complexity index is 212. The third kappa shape index (κ3) is 2.37. The second-order valence-corrected chi connectivity index (χ2v) is 4.21. The van der Waals surface area contributed by atoms with E-state index in [1.54, 1.807) is 0 Å². The molecule has 1 rings (SSSR count). The molecule has 0 aromatic rings. The van der Waals surface area contributed by atoms with Crippen molar-refractivity contribution >= 4 is 5.91 Å². The molecule has 0 aliphatic carbocycles. The second-order valence-electron chi connectivity index (χ2n) is 4.21. The minimum Gasteiger partial charge on any atom is -0.336 e. The topological polar surface area (TPSA) is 20.3 Å². The van der Waals surface area contributed by atoms with Crippen LogP contribution >= 0.6 is 0 Å². The maximum Gasteiger partial charge on any atom is 0.246 e. The van der Waals surface area contributed by atoms with E-state index in [-0.39, 0.29) is 5.91 Å². The van der Waals surface area contributed by atoms with Crippen molar-refractivity contribution in [2.24, 2.45) is 5.92 Å². The monoisotopic (exact) mass is 195 g/mol. The van der Waals surface area contributed by atoms with Gasteiger partial charge in [0, 0.05) is 12.6 Å². The largest absolute Gasteiger partial charge is 0.336 e. The zero-order valence-corrected chi connectivity index (χ0v) is 9.33. The number of rotatable bonds is 4. The normalized spacial score (nSPS) is 23.6. The molecule has 1 heterocycles. The van der Waals surface area contributed by atoms with Crippen molar-refractivity contribution in [3.05, 3.63) is 12.7 Å². The maximum absolute atomic E-state index is 11.5. The van der Waals surface area contributed by atoms with Crippen LogP contribution in [0.3, 0.4) is 0 Å². The smallest absolute Gasteiger partial charge is 0.246 e. The summed E-state index contributed by atoms with van der Waals surface area (Å²) in [7, 11) is 0. The minimum absolute atomic E-state index is 0.107. The Morgan fingerprint density at radius 3 is 3.00 bits per heavy atom. The Hall–Kier alpha value is -0.790. The van der Waals surface area contributed by atoms with Gasteiger partial charge < -0.3 is 4.90 Å². The first kappa shape index (κ1) is 11.3. The Morgan fingerprint density at radius 2 is 2.43 bits per heavy atom. The van der Waals surface area contributed by atoms with Gasteiger partial charge in [0.05, 0.1) is 0 Å². The van der Waals surface area contributed by atoms with Gasteiger partial charge in [-0.1, -0.05) is 26.8 Å². The lowest BCUT2D eigenvalue weighted by molar-refractivity contribution is -0.127. The molecule has 1 aliphatic heterocycles. The number of amides is 1. The summed E-state index contributed by atoms with van der Waals surface area (Å²) in [6, 6.07) is 0.459. The molecule has 0 N–H and O–H groups in total. The number of likely N-dealkylation sites (tertiary alicyclic amines) is 1. The van der Waals surface area contributed by atoms with Gasteiger partial charge in [0.15, 0.2) is 0 Å². The number of hydrogen-bond acceptors (Lipinski definition) is 1. The van der Waals surface area contributed by atoms with E-state index in [9.17, 15) is 4.79 Å². The van der Waals surface area contributed by atoms with E-state index in [0.29, 0.717) is 12.0 Å². The number of carbonyl (C=O) groups is 1. The molecule has 0 bridgehead atoms. The summed E-state index contributed by atoms with van der Waals surface area (Å²) in [5, 5.41) is 0. The lowest BCUT2D eigenvalue weighted by atomic mass is 9.95. The Kier molecular flexibility index (Phi) is 4.18. The van der Waals surface area contributed by atoms with Gasteiger partial charge in [0.1, 0.15) is 0 Å². The summed E-state index contributed by atoms with van der Waals surface area (Å²) in [5.41, 5.74) is 0. The minimum atomic E-state index is 0.107. The summed E-state index contributed by atoms with van der Waals surface area (Å²) < 4.78 is 0. The Balaban J connectivity index is 2.58. The fraction of sp³-hybridized carbons (Fsp3) is 0.750. The molecule has 0 aromatic heterocycles. The molecule has 1 fully saturated rings. The molecule has 2 atom stereocenters. The van der Waals surface area contributed by atoms with Gasteiger partial charge in [0.2, 0.25) is 5.91 Å². The average molecular weight is 195 g/mol. The molecule has 0 aromatic carbocycles. The fourth-order valence-corrected chi connectivity index (χ4v) is 2.42. The van der Waals surface area contributed by atoms with E-state index in [2.05, 4.69) is 20.4 Å². The molecule has 0 spiro atoms. The first-order chi connectivity index (χ1) is 6.70. The third-order valence-electron chi connectivity index (χ3n) is 3.16. The van der Waals surface area contributed by atoms with Crippen molar-refractivity contribution in [3.8, 4) is 0 Å². The summed E-state index contributed by atoms with van der Waals surface area (Å²) >= 11 is 0. The predicted molar refractivity (Wildman–Crippen MR) is 59.0 cm³/mol. The van der Waals surface area contributed by atoms with Gasteiger partial charge in [-0.25, -0.2) is 0 Å². The highest BCUT2D eigenvalue weighted by atomic mass is 16.2. The van der Waals surface area contributed by atoms with Crippen molar-refractivity contribution in [1.82, 2.24) is 4.90 Å². The Labute approximate surface area is 87.0 Å². The first-order valence-electron chi connectivity index (χ1n) is 5.63. The number of carbonyl (C=O) groups excluding carboxylic acids is 1. The van der Waals surface area contributed by atoms with Crippen molar-refractivity contribution < 1.29 is 4.79 Å². The van der Waals surface area contributed by atoms with Gasteiger partial charge in [-0.3, -0.25) is 4.79 Å². The van der Waals surface area contributed by atoms with E-state index in [1.807, 2.05) is 4.90 Å². The lowest BCUT2D eigenvalue weighted by Gasteiger charge is -2.28. The van der Waals surface area contributed by atoms with Crippen molar-refractivity contribution in [2.75, 3.05) is 6.54 Å². The van der Waals surface area contributed by atoms with Gasteiger partial charge in [-0.05, 0) is 31.3 Å². The molecule has 14 heavy (non-hydrogen) atoms. The quantitative estimate of drug-likeness (QED) is 0.631. The summed E-state index contributed by atoms with van der Waals surface area (Å²) in [6.07, 6.45) is 6.18. The molecule has 1 amide bonds. The molecule has 1 aliphatic rings. The maximum atomic E-state index is 11.5. The highest BCUT2D eigenvalue weighted by Gasteiger charge is 2.30. The van der Waals surface area contributed by atoms with Crippen LogP contribution in [0.2, 0.25) is 0 Å². The first-order valence-corrected chi connectivity index (χ1v) is 5.63. The van der Waals surface area contributed by atoms with Crippen LogP contribution in [0.15, 0.2) is 12.7 Å². The SMILES string of the molecule is C=CC(=O)N1CCCC1C(C)CCC. The van der Waals surface area contributed by atoms with Crippen LogP contribution in [0, 0.1) is 5.92 Å². The standard InChI is InChI=1S/C12H21NO/c1-4-7-10(3)11-8-6-9-13(11)12(14)5-2/h5,10-11H,2,4,6-9H2,1,3H3. The lowest BCUT2D eigenvalue weighted by Crippen LogP contribution is -2.38. The summed E-state index contributed by atoms with van der Waals surface area (Å²) in [4.78, 5) is 13.5. The molecule has 2 heteroatoms. The third-order valence-corrected chi connectivity index (χ3v) is 3.16. The van der Waals surface area contributed by atoms with E-state index in [0.717, 1.165) is 13.0 Å². The Morgan fingerprint density at radius 1 is 1.71 bits per heavy atom. The van der Waals surface area contributed by atoms with Crippen LogP contribution in [-0.4, -0.2) is 23.4 Å². The second kappa shape index (κ2) is 5.18. The molecule has 80 valence electrons. The molecule has 0 radical (unpaired) electrons. The van der Waals surface area contributed by atoms with Gasteiger partial charge >= 0.3 is 0 Å². The molecule has 2 nitrogen and oxygen atoms in total. The van der Waals surface area contributed by atoms with Crippen LogP contribution in [-0.2, 0) is 4.79 Å². The fourth-order valence-electron chi connectivity index (χ4n) is 2.42. The van der Waals surface area contributed by atoms with Crippen LogP contribution < -0.4 is 0 Å². The van der Waals surface area contributed by atoms with Crippen LogP contribution in [0.25, 0.3) is 0 Å². The summed E-state index contributed by atoms with van der Waals surface area (Å²) in [5.74, 6) is 0.738. The highest BCUT2D eigenvalue weighted by Crippen LogP contribution is 2.26. The van der Waals surface area contributed by atoms with Crippen LogP contribution in [0.1, 0.15) is 39.5 Å². The molecular formula is C12H21NO. The zero-order chi connectivity index (χ0) is 10.6. The van der Waals surface area contributed by atoms with Gasteiger partial charge in [-0.2, -0.15) is 0 Å². The highest BCUT2D eigenvalue weighted by molar-refractivity contribution is 5.87. The van der Waals surface area contributed by atoms with Crippen molar-refractivity contribution in [2.45, 2.75) is 45.6 Å². The van der Waals surface area contributed by atoms with Crippen LogP contribution in [0.4, 0.5) is 0 Å². The predicted octanol–water partition coefficient (Wildman–Crippen LogP) is 2.60. The van der Waals surface area contributed by atoms with E-state index in [1.165, 1.54) is 25.3 Å².